The van der Waals surface area contributed by atoms with Crippen LogP contribution in [0, 0.1) is 10.1 Å². The summed E-state index contributed by atoms with van der Waals surface area (Å²) in [6, 6.07) is 10.6. The Kier molecular flexibility index (Phi) is 5.73. The Morgan fingerprint density at radius 2 is 1.81 bits per heavy atom. The van der Waals surface area contributed by atoms with Gasteiger partial charge in [-0.2, -0.15) is 9.41 Å². The van der Waals surface area contributed by atoms with Crippen LogP contribution in [-0.4, -0.2) is 37.0 Å². The fraction of sp³-hybridized carbons (Fsp3) is 0.235. The fourth-order valence-corrected chi connectivity index (χ4v) is 4.38. The maximum atomic E-state index is 12.6. The molecule has 2 aromatic carbocycles. The molecule has 1 saturated heterocycles. The summed E-state index contributed by atoms with van der Waals surface area (Å²) in [6.07, 6.45) is 3.07. The maximum Gasteiger partial charge on any atom is 0.295 e. The molecule has 0 spiro atoms. The molecule has 8 nitrogen and oxygen atoms in total. The Balaban J connectivity index is 1.83. The zero-order valence-corrected chi connectivity index (χ0v) is 15.8. The summed E-state index contributed by atoms with van der Waals surface area (Å²) in [7, 11) is -3.73. The van der Waals surface area contributed by atoms with E-state index in [-0.39, 0.29) is 16.3 Å². The van der Waals surface area contributed by atoms with E-state index in [0.29, 0.717) is 18.1 Å². The summed E-state index contributed by atoms with van der Waals surface area (Å²) in [5, 5.41) is 15.9. The van der Waals surface area contributed by atoms with Gasteiger partial charge in [-0.1, -0.05) is 23.7 Å². The molecule has 0 aliphatic carbocycles. The van der Waals surface area contributed by atoms with E-state index in [0.717, 1.165) is 24.5 Å². The molecular weight excluding hydrogens is 392 g/mol. The normalized spacial score (nSPS) is 15.3. The van der Waals surface area contributed by atoms with Gasteiger partial charge in [0.2, 0.25) is 10.0 Å². The van der Waals surface area contributed by atoms with Crippen LogP contribution < -0.4 is 5.43 Å². The summed E-state index contributed by atoms with van der Waals surface area (Å²) in [6.45, 7) is 0.864. The van der Waals surface area contributed by atoms with E-state index in [1.807, 2.05) is 0 Å². The third-order valence-corrected chi connectivity index (χ3v) is 6.28. The molecule has 0 amide bonds. The molecule has 3 rings (SSSR count). The van der Waals surface area contributed by atoms with Gasteiger partial charge in [0.05, 0.1) is 16.0 Å². The monoisotopic (exact) mass is 408 g/mol. The van der Waals surface area contributed by atoms with Crippen LogP contribution in [-0.2, 0) is 10.0 Å². The topological polar surface area (TPSA) is 105 Å². The molecule has 1 fully saturated rings. The van der Waals surface area contributed by atoms with Crippen molar-refractivity contribution in [2.45, 2.75) is 17.7 Å². The number of sulfonamides is 1. The van der Waals surface area contributed by atoms with Gasteiger partial charge in [-0.15, -0.1) is 0 Å². The number of nitro groups is 1. The van der Waals surface area contributed by atoms with Crippen LogP contribution in [0.1, 0.15) is 18.4 Å². The molecule has 1 aliphatic heterocycles. The van der Waals surface area contributed by atoms with Gasteiger partial charge in [-0.3, -0.25) is 15.5 Å². The molecule has 10 heteroatoms. The van der Waals surface area contributed by atoms with Crippen molar-refractivity contribution in [2.75, 3.05) is 18.5 Å². The Hall–Kier alpha value is -2.49. The van der Waals surface area contributed by atoms with E-state index in [9.17, 15) is 18.5 Å². The molecule has 0 saturated carbocycles. The van der Waals surface area contributed by atoms with Crippen molar-refractivity contribution >= 4 is 39.2 Å². The van der Waals surface area contributed by atoms with Gasteiger partial charge in [0.25, 0.3) is 5.69 Å². The summed E-state index contributed by atoms with van der Waals surface area (Å²) >= 11 is 5.81. The number of hydrazone groups is 1. The lowest BCUT2D eigenvalue weighted by Gasteiger charge is -2.15. The highest BCUT2D eigenvalue weighted by Gasteiger charge is 2.29. The van der Waals surface area contributed by atoms with Gasteiger partial charge in [0, 0.05) is 24.2 Å². The van der Waals surface area contributed by atoms with Crippen molar-refractivity contribution in [2.24, 2.45) is 5.10 Å². The molecule has 1 heterocycles. The Bertz CT molecular complexity index is 971. The summed E-state index contributed by atoms with van der Waals surface area (Å²) in [5.74, 6) is 0. The van der Waals surface area contributed by atoms with Gasteiger partial charge < -0.3 is 0 Å². The predicted octanol–water partition coefficient (Wildman–Crippen LogP) is 3.48. The molecule has 1 N–H and O–H groups in total. The van der Waals surface area contributed by atoms with E-state index in [4.69, 9.17) is 11.6 Å². The van der Waals surface area contributed by atoms with Crippen LogP contribution in [0.2, 0.25) is 5.02 Å². The second-order valence-corrected chi connectivity index (χ2v) is 8.34. The fourth-order valence-electron chi connectivity index (χ4n) is 2.72. The number of nitrogens with one attached hydrogen (secondary N) is 1. The summed E-state index contributed by atoms with van der Waals surface area (Å²) in [5.41, 5.74) is 3.09. The van der Waals surface area contributed by atoms with Crippen LogP contribution in [0.4, 0.5) is 11.4 Å². The number of anilines is 1. The lowest BCUT2D eigenvalue weighted by atomic mass is 10.2. The maximum absolute atomic E-state index is 12.6. The third kappa shape index (κ3) is 4.44. The number of nitrogens with zero attached hydrogens (tertiary/aromatic N) is 3. The van der Waals surface area contributed by atoms with Crippen LogP contribution in [0.15, 0.2) is 52.5 Å². The first kappa shape index (κ1) is 19.3. The van der Waals surface area contributed by atoms with E-state index in [2.05, 4.69) is 10.5 Å². The molecule has 2 aromatic rings. The molecular formula is C17H17ClN4O4S. The van der Waals surface area contributed by atoms with Crippen molar-refractivity contribution in [1.82, 2.24) is 4.31 Å². The molecule has 1 aliphatic rings. The van der Waals surface area contributed by atoms with Gasteiger partial charge in [0.15, 0.2) is 0 Å². The van der Waals surface area contributed by atoms with Gasteiger partial charge in [-0.25, -0.2) is 8.42 Å². The molecule has 0 radical (unpaired) electrons. The predicted molar refractivity (Wildman–Crippen MR) is 104 cm³/mol. The number of hydrogen-bond donors (Lipinski definition) is 1. The SMILES string of the molecule is O=[N+]([O-])c1cc(S(=O)(=O)N2CCCC2)ccc1N/N=C\c1ccc(Cl)cc1. The highest BCUT2D eigenvalue weighted by Crippen LogP contribution is 2.30. The highest BCUT2D eigenvalue weighted by molar-refractivity contribution is 7.89. The Labute approximate surface area is 161 Å². The molecule has 0 atom stereocenters. The number of hydrogen-bond acceptors (Lipinski definition) is 6. The Morgan fingerprint density at radius 1 is 1.15 bits per heavy atom. The third-order valence-electron chi connectivity index (χ3n) is 4.14. The minimum absolute atomic E-state index is 0.0941. The van der Waals surface area contributed by atoms with Crippen LogP contribution in [0.5, 0.6) is 0 Å². The van der Waals surface area contributed by atoms with Crippen LogP contribution in [0.3, 0.4) is 0 Å². The van der Waals surface area contributed by atoms with Crippen molar-refractivity contribution < 1.29 is 13.3 Å². The van der Waals surface area contributed by atoms with E-state index < -0.39 is 14.9 Å². The van der Waals surface area contributed by atoms with E-state index in [1.54, 1.807) is 24.3 Å². The smallest absolute Gasteiger partial charge is 0.272 e. The quantitative estimate of drug-likeness (QED) is 0.447. The number of rotatable bonds is 6. The van der Waals surface area contributed by atoms with Gasteiger partial charge in [0.1, 0.15) is 5.69 Å². The summed E-state index contributed by atoms with van der Waals surface area (Å²) in [4.78, 5) is 10.7. The van der Waals surface area contributed by atoms with Crippen LogP contribution in [0.25, 0.3) is 0 Å². The minimum Gasteiger partial charge on any atom is -0.272 e. The van der Waals surface area contributed by atoms with Crippen molar-refractivity contribution in [3.8, 4) is 0 Å². The van der Waals surface area contributed by atoms with Crippen molar-refractivity contribution in [3.05, 3.63) is 63.2 Å². The largest absolute Gasteiger partial charge is 0.295 e. The lowest BCUT2D eigenvalue weighted by Crippen LogP contribution is -2.27. The van der Waals surface area contributed by atoms with Crippen LogP contribution >= 0.6 is 11.6 Å². The second-order valence-electron chi connectivity index (χ2n) is 5.97. The zero-order chi connectivity index (χ0) is 19.4. The number of benzene rings is 2. The molecule has 0 unspecified atom stereocenters. The van der Waals surface area contributed by atoms with E-state index in [1.165, 1.54) is 22.7 Å². The molecule has 27 heavy (non-hydrogen) atoms. The Morgan fingerprint density at radius 3 is 2.44 bits per heavy atom. The highest BCUT2D eigenvalue weighted by atomic mass is 35.5. The van der Waals surface area contributed by atoms with Gasteiger partial charge >= 0.3 is 0 Å². The molecule has 0 bridgehead atoms. The minimum atomic E-state index is -3.73. The first-order valence-electron chi connectivity index (χ1n) is 8.21. The van der Waals surface area contributed by atoms with Crippen molar-refractivity contribution in [1.29, 1.82) is 0 Å². The van der Waals surface area contributed by atoms with E-state index >= 15 is 0 Å². The average Bonchev–Trinajstić information content (AvgIpc) is 3.19. The standard InChI is InChI=1S/C17H17ClN4O4S/c18-14-5-3-13(4-6-14)12-19-20-16-8-7-15(11-17(16)22(23)24)27(25,26)21-9-1-2-10-21/h3-8,11-12,20H,1-2,9-10H2/b19-12-. The van der Waals surface area contributed by atoms with Crippen molar-refractivity contribution in [3.63, 3.8) is 0 Å². The summed E-state index contributed by atoms with van der Waals surface area (Å²) < 4.78 is 26.5. The van der Waals surface area contributed by atoms with Gasteiger partial charge in [-0.05, 0) is 42.7 Å². The number of halogens is 1. The zero-order valence-electron chi connectivity index (χ0n) is 14.2. The first-order valence-corrected chi connectivity index (χ1v) is 10.0. The lowest BCUT2D eigenvalue weighted by molar-refractivity contribution is -0.384. The first-order chi connectivity index (χ1) is 12.9. The second kappa shape index (κ2) is 8.03. The molecule has 142 valence electrons. The molecule has 0 aromatic heterocycles. The number of nitro benzene ring substituents is 1. The average molecular weight is 409 g/mol.